The number of nitro groups is 1. The molecule has 4 rings (SSSR count). The summed E-state index contributed by atoms with van der Waals surface area (Å²) < 4.78 is 28.1. The van der Waals surface area contributed by atoms with Gasteiger partial charge in [0.05, 0.1) is 9.82 Å². The first-order valence-electron chi connectivity index (χ1n) is 10.3. The average molecular weight is 430 g/mol. The number of nitrogens with zero attached hydrogens (tertiary/aromatic N) is 3. The molecule has 0 radical (unpaired) electrons. The molecule has 1 unspecified atom stereocenters. The molecule has 7 nitrogen and oxygen atoms in total. The van der Waals surface area contributed by atoms with Crippen molar-refractivity contribution >= 4 is 21.4 Å². The lowest BCUT2D eigenvalue weighted by Crippen LogP contribution is -2.48. The molecule has 0 saturated carbocycles. The molecule has 0 bridgehead atoms. The summed E-state index contributed by atoms with van der Waals surface area (Å²) in [6, 6.07) is 11.7. The molecule has 8 heteroatoms. The molecule has 1 atom stereocenters. The first-order valence-corrected chi connectivity index (χ1v) is 11.8. The normalized spacial score (nSPS) is 20.4. The lowest BCUT2D eigenvalue weighted by atomic mass is 10.0. The third kappa shape index (κ3) is 3.48. The van der Waals surface area contributed by atoms with Gasteiger partial charge in [-0.2, -0.15) is 4.31 Å². The number of aryl methyl sites for hydroxylation is 1. The highest BCUT2D eigenvalue weighted by atomic mass is 32.2. The molecule has 0 amide bonds. The lowest BCUT2D eigenvalue weighted by Gasteiger charge is -2.40. The number of hydrogen-bond donors (Lipinski definition) is 0. The molecule has 0 aliphatic carbocycles. The van der Waals surface area contributed by atoms with E-state index in [-0.39, 0.29) is 10.6 Å². The van der Waals surface area contributed by atoms with Crippen molar-refractivity contribution in [2.24, 2.45) is 0 Å². The van der Waals surface area contributed by atoms with Gasteiger partial charge in [-0.3, -0.25) is 10.1 Å². The predicted octanol–water partition coefficient (Wildman–Crippen LogP) is 3.82. The van der Waals surface area contributed by atoms with Crippen LogP contribution in [0.25, 0.3) is 0 Å². The average Bonchev–Trinajstić information content (AvgIpc) is 3.05. The van der Waals surface area contributed by atoms with Gasteiger partial charge in [-0.1, -0.05) is 18.2 Å². The molecule has 0 N–H and O–H groups in total. The zero-order valence-corrected chi connectivity index (χ0v) is 18.4. The highest BCUT2D eigenvalue weighted by Gasteiger charge is 2.37. The largest absolute Gasteiger partial charge is 0.365 e. The predicted molar refractivity (Wildman–Crippen MR) is 116 cm³/mol. The Morgan fingerprint density at radius 3 is 2.43 bits per heavy atom. The Kier molecular flexibility index (Phi) is 5.32. The number of benzene rings is 2. The highest BCUT2D eigenvalue weighted by molar-refractivity contribution is 7.89. The molecule has 30 heavy (non-hydrogen) atoms. The van der Waals surface area contributed by atoms with Crippen molar-refractivity contribution < 1.29 is 13.3 Å². The SMILES string of the molecule is Cc1cc([N+](=O)[O-])cc(S(=O)(=O)N2CCC(N3c4ccccc4CC3C)CC2)c1C. The molecule has 2 aromatic carbocycles. The molecule has 0 aromatic heterocycles. The van der Waals surface area contributed by atoms with Crippen LogP contribution in [0.3, 0.4) is 0 Å². The van der Waals surface area contributed by atoms with E-state index in [4.69, 9.17) is 0 Å². The summed E-state index contributed by atoms with van der Waals surface area (Å²) in [7, 11) is -3.78. The summed E-state index contributed by atoms with van der Waals surface area (Å²) in [6.45, 7) is 6.47. The minimum absolute atomic E-state index is 0.0486. The number of anilines is 1. The first kappa shape index (κ1) is 20.8. The Morgan fingerprint density at radius 1 is 1.10 bits per heavy atom. The third-order valence-electron chi connectivity index (χ3n) is 6.51. The van der Waals surface area contributed by atoms with E-state index in [9.17, 15) is 18.5 Å². The Bertz CT molecular complexity index is 1090. The molecule has 160 valence electrons. The van der Waals surface area contributed by atoms with Crippen LogP contribution in [0, 0.1) is 24.0 Å². The standard InChI is InChI=1S/C22H27N3O4S/c1-15-12-20(25(26)27)14-22(17(15)3)30(28,29)23-10-8-19(9-11-23)24-16(2)13-18-6-4-5-7-21(18)24/h4-7,12,14,16,19H,8-11,13H2,1-3H3. The summed E-state index contributed by atoms with van der Waals surface area (Å²) in [6.07, 6.45) is 2.50. The van der Waals surface area contributed by atoms with Gasteiger partial charge >= 0.3 is 0 Å². The summed E-state index contributed by atoms with van der Waals surface area (Å²) in [5.41, 5.74) is 3.61. The number of fused-ring (bicyclic) bond motifs is 1. The molecule has 2 aromatic rings. The molecule has 2 aliphatic heterocycles. The van der Waals surface area contributed by atoms with Gasteiger partial charge in [0.1, 0.15) is 0 Å². The number of sulfonamides is 1. The second kappa shape index (κ2) is 7.67. The Balaban J connectivity index is 1.55. The van der Waals surface area contributed by atoms with Gasteiger partial charge in [0.25, 0.3) is 5.69 Å². The molecule has 2 aliphatic rings. The maximum Gasteiger partial charge on any atom is 0.271 e. The van der Waals surface area contributed by atoms with Crippen molar-refractivity contribution in [3.05, 3.63) is 63.2 Å². The van der Waals surface area contributed by atoms with E-state index < -0.39 is 14.9 Å². The maximum atomic E-state index is 13.3. The third-order valence-corrected chi connectivity index (χ3v) is 8.53. The number of nitro benzene ring substituents is 1. The zero-order chi connectivity index (χ0) is 21.6. The van der Waals surface area contributed by atoms with Crippen molar-refractivity contribution in [1.29, 1.82) is 0 Å². The van der Waals surface area contributed by atoms with Gasteiger partial charge in [0.2, 0.25) is 10.0 Å². The fourth-order valence-electron chi connectivity index (χ4n) is 4.83. The summed E-state index contributed by atoms with van der Waals surface area (Å²) in [5, 5.41) is 11.2. The van der Waals surface area contributed by atoms with Crippen LogP contribution in [0.15, 0.2) is 41.3 Å². The molecule has 1 fully saturated rings. The van der Waals surface area contributed by atoms with E-state index in [1.54, 1.807) is 13.8 Å². The van der Waals surface area contributed by atoms with Gasteiger partial charge in [-0.25, -0.2) is 8.42 Å². The summed E-state index contributed by atoms with van der Waals surface area (Å²) in [4.78, 5) is 13.2. The quantitative estimate of drug-likeness (QED) is 0.545. The van der Waals surface area contributed by atoms with Crippen LogP contribution in [0.5, 0.6) is 0 Å². The van der Waals surface area contributed by atoms with E-state index in [2.05, 4.69) is 36.1 Å². The van der Waals surface area contributed by atoms with Crippen LogP contribution >= 0.6 is 0 Å². The van der Waals surface area contributed by atoms with Crippen molar-refractivity contribution in [1.82, 2.24) is 4.31 Å². The van der Waals surface area contributed by atoms with E-state index in [0.29, 0.717) is 36.3 Å². The van der Waals surface area contributed by atoms with Gasteiger partial charge in [-0.15, -0.1) is 0 Å². The molecular weight excluding hydrogens is 402 g/mol. The van der Waals surface area contributed by atoms with Crippen LogP contribution in [-0.4, -0.2) is 42.8 Å². The lowest BCUT2D eigenvalue weighted by molar-refractivity contribution is -0.385. The minimum atomic E-state index is -3.78. The maximum absolute atomic E-state index is 13.3. The minimum Gasteiger partial charge on any atom is -0.365 e. The Labute approximate surface area is 177 Å². The van der Waals surface area contributed by atoms with Crippen LogP contribution in [0.2, 0.25) is 0 Å². The summed E-state index contributed by atoms with van der Waals surface area (Å²) in [5.74, 6) is 0. The van der Waals surface area contributed by atoms with Crippen molar-refractivity contribution in [3.63, 3.8) is 0 Å². The summed E-state index contributed by atoms with van der Waals surface area (Å²) >= 11 is 0. The molecule has 1 saturated heterocycles. The van der Waals surface area contributed by atoms with E-state index in [1.165, 1.54) is 27.7 Å². The molecule has 0 spiro atoms. The Morgan fingerprint density at radius 2 is 1.77 bits per heavy atom. The van der Waals surface area contributed by atoms with E-state index in [0.717, 1.165) is 19.3 Å². The fraction of sp³-hybridized carbons (Fsp3) is 0.455. The topological polar surface area (TPSA) is 83.8 Å². The number of rotatable bonds is 4. The van der Waals surface area contributed by atoms with E-state index in [1.807, 2.05) is 0 Å². The number of hydrogen-bond acceptors (Lipinski definition) is 5. The van der Waals surface area contributed by atoms with Crippen molar-refractivity contribution in [2.75, 3.05) is 18.0 Å². The van der Waals surface area contributed by atoms with Crippen molar-refractivity contribution in [3.8, 4) is 0 Å². The van der Waals surface area contributed by atoms with Gasteiger partial charge in [0, 0.05) is 43.0 Å². The van der Waals surface area contributed by atoms with Gasteiger partial charge in [0.15, 0.2) is 0 Å². The molecular formula is C22H27N3O4S. The fourth-order valence-corrected chi connectivity index (χ4v) is 6.62. The van der Waals surface area contributed by atoms with Crippen LogP contribution in [0.4, 0.5) is 11.4 Å². The Hall–Kier alpha value is -2.45. The van der Waals surface area contributed by atoms with Crippen LogP contribution < -0.4 is 4.90 Å². The zero-order valence-electron chi connectivity index (χ0n) is 17.5. The van der Waals surface area contributed by atoms with Crippen molar-refractivity contribution in [2.45, 2.75) is 57.0 Å². The molecule has 2 heterocycles. The van der Waals surface area contributed by atoms with Crippen LogP contribution in [0.1, 0.15) is 36.5 Å². The first-order chi connectivity index (χ1) is 14.2. The van der Waals surface area contributed by atoms with Crippen LogP contribution in [-0.2, 0) is 16.4 Å². The monoisotopic (exact) mass is 429 g/mol. The number of para-hydroxylation sites is 1. The second-order valence-corrected chi connectivity index (χ2v) is 10.3. The second-order valence-electron chi connectivity index (χ2n) is 8.37. The van der Waals surface area contributed by atoms with E-state index >= 15 is 0 Å². The number of piperidine rings is 1. The van der Waals surface area contributed by atoms with Gasteiger partial charge in [-0.05, 0) is 62.8 Å². The highest BCUT2D eigenvalue weighted by Crippen LogP contribution is 2.37. The smallest absolute Gasteiger partial charge is 0.271 e. The number of non-ortho nitro benzene ring substituents is 1. The van der Waals surface area contributed by atoms with Gasteiger partial charge < -0.3 is 4.90 Å².